The van der Waals surface area contributed by atoms with Crippen LogP contribution in [0.3, 0.4) is 0 Å². The van der Waals surface area contributed by atoms with Crippen LogP contribution in [0.4, 0.5) is 5.69 Å². The van der Waals surface area contributed by atoms with Crippen LogP contribution in [0.2, 0.25) is 0 Å². The molecule has 5 nitrogen and oxygen atoms in total. The molecule has 1 aliphatic heterocycles. The molecule has 2 bridgehead atoms. The molecule has 2 aliphatic carbocycles. The highest BCUT2D eigenvalue weighted by molar-refractivity contribution is 6.50. The third kappa shape index (κ3) is 2.33. The molecule has 27 heavy (non-hydrogen) atoms. The second-order valence-corrected chi connectivity index (χ2v) is 8.98. The molecule has 1 aromatic carbocycles. The zero-order valence-corrected chi connectivity index (χ0v) is 16.5. The Labute approximate surface area is 161 Å². The summed E-state index contributed by atoms with van der Waals surface area (Å²) in [7, 11) is 0. The van der Waals surface area contributed by atoms with Gasteiger partial charge in [0.25, 0.3) is 0 Å². The first-order chi connectivity index (χ1) is 12.8. The van der Waals surface area contributed by atoms with E-state index < -0.39 is 16.2 Å². The van der Waals surface area contributed by atoms with Crippen LogP contribution in [0.1, 0.15) is 52.9 Å². The van der Waals surface area contributed by atoms with Gasteiger partial charge in [-0.25, -0.2) is 0 Å². The predicted molar refractivity (Wildman–Crippen MR) is 106 cm³/mol. The Morgan fingerprint density at radius 1 is 1.04 bits per heavy atom. The highest BCUT2D eigenvalue weighted by atomic mass is 16.2. The molecule has 1 amide bonds. The minimum absolute atomic E-state index is 0.0332. The fourth-order valence-electron chi connectivity index (χ4n) is 5.44. The third-order valence-electron chi connectivity index (χ3n) is 7.65. The number of fused-ring (bicyclic) bond motifs is 2. The average molecular weight is 367 g/mol. The first-order valence-corrected chi connectivity index (χ1v) is 10.1. The van der Waals surface area contributed by atoms with Gasteiger partial charge in [0.15, 0.2) is 5.78 Å². The summed E-state index contributed by atoms with van der Waals surface area (Å²) in [6, 6.07) is 9.64. The number of amides is 1. The highest BCUT2D eigenvalue weighted by Gasteiger charge is 2.77. The number of ketones is 1. The Kier molecular flexibility index (Phi) is 4.17. The van der Waals surface area contributed by atoms with E-state index in [4.69, 9.17) is 0 Å². The number of likely N-dealkylation sites (tertiary alicyclic amines) is 1. The number of carbonyl (C=O) groups excluding carboxylic acids is 2. The number of para-hydroxylation sites is 1. The monoisotopic (exact) mass is 367 g/mol. The van der Waals surface area contributed by atoms with E-state index in [2.05, 4.69) is 31.3 Å². The SMILES string of the molecule is CC12CCC(C(=O)N3CCCCC3)(C(=O)C1=NNc1ccccc1)C2(C)C. The number of nitrogens with one attached hydrogen (secondary N) is 1. The summed E-state index contributed by atoms with van der Waals surface area (Å²) in [5.41, 5.74) is 2.63. The second-order valence-electron chi connectivity index (χ2n) is 8.98. The minimum atomic E-state index is -0.962. The zero-order valence-electron chi connectivity index (χ0n) is 16.5. The molecule has 1 saturated heterocycles. The van der Waals surface area contributed by atoms with Gasteiger partial charge in [-0.05, 0) is 49.7 Å². The van der Waals surface area contributed by atoms with Crippen molar-refractivity contribution in [1.29, 1.82) is 0 Å². The molecule has 1 heterocycles. The Morgan fingerprint density at radius 2 is 1.70 bits per heavy atom. The molecule has 2 saturated carbocycles. The molecule has 2 atom stereocenters. The number of hydrazone groups is 1. The predicted octanol–water partition coefficient (Wildman–Crippen LogP) is 3.86. The van der Waals surface area contributed by atoms with E-state index in [1.165, 1.54) is 6.42 Å². The van der Waals surface area contributed by atoms with Crippen molar-refractivity contribution in [3.63, 3.8) is 0 Å². The maximum absolute atomic E-state index is 13.6. The maximum atomic E-state index is 13.6. The first-order valence-electron chi connectivity index (χ1n) is 10.1. The zero-order chi connectivity index (χ0) is 19.3. The fraction of sp³-hybridized carbons (Fsp3) is 0.591. The summed E-state index contributed by atoms with van der Waals surface area (Å²) < 4.78 is 0. The van der Waals surface area contributed by atoms with Gasteiger partial charge in [0.05, 0.1) is 5.69 Å². The molecule has 1 N–H and O–H groups in total. The summed E-state index contributed by atoms with van der Waals surface area (Å²) in [4.78, 5) is 29.1. The van der Waals surface area contributed by atoms with Crippen LogP contribution in [0.15, 0.2) is 35.4 Å². The third-order valence-corrected chi connectivity index (χ3v) is 7.65. The standard InChI is InChI=1S/C22H29N3O2/c1-20(2)21(3)12-13-22(20,19(27)25-14-8-5-9-15-25)18(26)17(21)24-23-16-10-6-4-7-11-16/h4,6-7,10-11,23H,5,8-9,12-15H2,1-3H3. The molecule has 0 aromatic heterocycles. The van der Waals surface area contributed by atoms with Gasteiger partial charge in [-0.2, -0.15) is 5.10 Å². The van der Waals surface area contributed by atoms with Gasteiger partial charge >= 0.3 is 0 Å². The fourth-order valence-corrected chi connectivity index (χ4v) is 5.44. The van der Waals surface area contributed by atoms with E-state index in [1.807, 2.05) is 35.2 Å². The van der Waals surface area contributed by atoms with Crippen LogP contribution in [-0.2, 0) is 9.59 Å². The lowest BCUT2D eigenvalue weighted by Gasteiger charge is -2.41. The Hall–Kier alpha value is -2.17. The summed E-state index contributed by atoms with van der Waals surface area (Å²) >= 11 is 0. The number of anilines is 1. The van der Waals surface area contributed by atoms with Gasteiger partial charge < -0.3 is 4.90 Å². The first kappa shape index (κ1) is 18.2. The number of Topliss-reactive ketones (excluding diaryl/α,β-unsaturated/α-hetero) is 1. The largest absolute Gasteiger partial charge is 0.342 e. The molecule has 2 unspecified atom stereocenters. The Bertz CT molecular complexity index is 795. The topological polar surface area (TPSA) is 61.8 Å². The van der Waals surface area contributed by atoms with Gasteiger partial charge in [-0.3, -0.25) is 15.0 Å². The molecule has 3 fully saturated rings. The smallest absolute Gasteiger partial charge is 0.237 e. The van der Waals surface area contributed by atoms with Crippen LogP contribution >= 0.6 is 0 Å². The van der Waals surface area contributed by atoms with E-state index in [0.717, 1.165) is 38.0 Å². The molecular weight excluding hydrogens is 338 g/mol. The summed E-state index contributed by atoms with van der Waals surface area (Å²) in [5, 5.41) is 4.54. The molecule has 0 radical (unpaired) electrons. The molecule has 4 rings (SSSR count). The number of carbonyl (C=O) groups is 2. The second kappa shape index (κ2) is 6.18. The number of nitrogens with zero attached hydrogens (tertiary/aromatic N) is 2. The van der Waals surface area contributed by atoms with Crippen molar-refractivity contribution in [3.05, 3.63) is 30.3 Å². The van der Waals surface area contributed by atoms with Crippen LogP contribution in [0.5, 0.6) is 0 Å². The van der Waals surface area contributed by atoms with E-state index in [0.29, 0.717) is 12.1 Å². The van der Waals surface area contributed by atoms with Crippen molar-refractivity contribution in [2.45, 2.75) is 52.9 Å². The highest BCUT2D eigenvalue weighted by Crippen LogP contribution is 2.69. The Balaban J connectivity index is 1.71. The molecule has 3 aliphatic rings. The van der Waals surface area contributed by atoms with Crippen molar-refractivity contribution in [2.75, 3.05) is 18.5 Å². The molecule has 1 aromatic rings. The van der Waals surface area contributed by atoms with Crippen LogP contribution < -0.4 is 5.43 Å². The summed E-state index contributed by atoms with van der Waals surface area (Å²) in [6.07, 6.45) is 4.68. The molecule has 5 heteroatoms. The average Bonchev–Trinajstić information content (AvgIpc) is 2.96. The van der Waals surface area contributed by atoms with Gasteiger partial charge in [-0.1, -0.05) is 39.0 Å². The van der Waals surface area contributed by atoms with Gasteiger partial charge in [-0.15, -0.1) is 0 Å². The maximum Gasteiger partial charge on any atom is 0.237 e. The Morgan fingerprint density at radius 3 is 2.37 bits per heavy atom. The van der Waals surface area contributed by atoms with Gasteiger partial charge in [0.2, 0.25) is 5.91 Å². The molecular formula is C22H29N3O2. The lowest BCUT2D eigenvalue weighted by molar-refractivity contribution is -0.153. The van der Waals surface area contributed by atoms with E-state index in [-0.39, 0.29) is 11.7 Å². The van der Waals surface area contributed by atoms with Gasteiger partial charge in [0, 0.05) is 18.5 Å². The van der Waals surface area contributed by atoms with E-state index in [1.54, 1.807) is 0 Å². The number of piperidine rings is 1. The van der Waals surface area contributed by atoms with Crippen molar-refractivity contribution in [1.82, 2.24) is 4.90 Å². The minimum Gasteiger partial charge on any atom is -0.342 e. The van der Waals surface area contributed by atoms with Crippen molar-refractivity contribution in [3.8, 4) is 0 Å². The van der Waals surface area contributed by atoms with Crippen molar-refractivity contribution >= 4 is 23.1 Å². The number of benzene rings is 1. The van der Waals surface area contributed by atoms with Crippen molar-refractivity contribution < 1.29 is 9.59 Å². The van der Waals surface area contributed by atoms with Crippen LogP contribution in [-0.4, -0.2) is 35.4 Å². The quantitative estimate of drug-likeness (QED) is 0.652. The van der Waals surface area contributed by atoms with Gasteiger partial charge in [0.1, 0.15) is 11.1 Å². The van der Waals surface area contributed by atoms with Crippen molar-refractivity contribution in [2.24, 2.45) is 21.3 Å². The number of hydrogen-bond acceptors (Lipinski definition) is 4. The summed E-state index contributed by atoms with van der Waals surface area (Å²) in [6.45, 7) is 7.83. The molecule has 144 valence electrons. The summed E-state index contributed by atoms with van der Waals surface area (Å²) in [5.74, 6) is -0.0360. The lowest BCUT2D eigenvalue weighted by atomic mass is 9.64. The number of rotatable bonds is 3. The van der Waals surface area contributed by atoms with E-state index in [9.17, 15) is 9.59 Å². The van der Waals surface area contributed by atoms with Crippen LogP contribution in [0, 0.1) is 16.2 Å². The number of hydrogen-bond donors (Lipinski definition) is 1. The lowest BCUT2D eigenvalue weighted by Crippen LogP contribution is -2.53. The molecule has 0 spiro atoms. The normalized spacial score (nSPS) is 33.5. The van der Waals surface area contributed by atoms with E-state index >= 15 is 0 Å². The van der Waals surface area contributed by atoms with Crippen LogP contribution in [0.25, 0.3) is 0 Å².